The van der Waals surface area contributed by atoms with Gasteiger partial charge in [-0.1, -0.05) is 13.3 Å². The first-order valence-corrected chi connectivity index (χ1v) is 7.46. The Bertz CT molecular complexity index is 363. The van der Waals surface area contributed by atoms with Crippen LogP contribution in [0.15, 0.2) is 0 Å². The maximum Gasteiger partial charge on any atom is 0.311 e. The van der Waals surface area contributed by atoms with Crippen molar-refractivity contribution in [1.82, 2.24) is 10.2 Å². The van der Waals surface area contributed by atoms with Crippen LogP contribution in [0.25, 0.3) is 0 Å². The van der Waals surface area contributed by atoms with Crippen molar-refractivity contribution in [1.29, 1.82) is 0 Å². The molecule has 1 aliphatic heterocycles. The minimum absolute atomic E-state index is 0.00166. The highest BCUT2D eigenvalue weighted by atomic mass is 16.4. The standard InChI is InChI=1S/C15H28N2O3/c1-5-7-15(13(19)20)8-10-17(11-15)12(18)6-9-16-14(2,3)4/h16H,5-11H2,1-4H3,(H,19,20). The van der Waals surface area contributed by atoms with Crippen LogP contribution in [0.4, 0.5) is 0 Å². The van der Waals surface area contributed by atoms with Crippen LogP contribution in [0, 0.1) is 5.41 Å². The number of hydrogen-bond acceptors (Lipinski definition) is 3. The number of rotatable bonds is 6. The molecule has 1 aliphatic rings. The number of nitrogens with one attached hydrogen (secondary N) is 1. The van der Waals surface area contributed by atoms with E-state index < -0.39 is 11.4 Å². The van der Waals surface area contributed by atoms with Crippen molar-refractivity contribution in [3.8, 4) is 0 Å². The third-order valence-corrected chi connectivity index (χ3v) is 3.88. The summed E-state index contributed by atoms with van der Waals surface area (Å²) in [6.07, 6.45) is 2.49. The van der Waals surface area contributed by atoms with E-state index in [4.69, 9.17) is 0 Å². The molecule has 1 unspecified atom stereocenters. The van der Waals surface area contributed by atoms with Gasteiger partial charge >= 0.3 is 5.97 Å². The van der Waals surface area contributed by atoms with Gasteiger partial charge in [0.15, 0.2) is 0 Å². The van der Waals surface area contributed by atoms with Gasteiger partial charge in [0.2, 0.25) is 5.91 Å². The van der Waals surface area contributed by atoms with Gasteiger partial charge in [-0.2, -0.15) is 0 Å². The first-order chi connectivity index (χ1) is 9.20. The number of carboxylic acids is 1. The number of amides is 1. The van der Waals surface area contributed by atoms with Crippen LogP contribution < -0.4 is 5.32 Å². The van der Waals surface area contributed by atoms with Crippen molar-refractivity contribution in [3.63, 3.8) is 0 Å². The molecule has 0 aromatic heterocycles. The second kappa shape index (κ2) is 6.57. The van der Waals surface area contributed by atoms with E-state index in [0.717, 1.165) is 6.42 Å². The van der Waals surface area contributed by atoms with E-state index in [-0.39, 0.29) is 11.4 Å². The van der Waals surface area contributed by atoms with Crippen LogP contribution >= 0.6 is 0 Å². The zero-order valence-electron chi connectivity index (χ0n) is 13.2. The summed E-state index contributed by atoms with van der Waals surface area (Å²) in [5, 5.41) is 12.7. The summed E-state index contributed by atoms with van der Waals surface area (Å²) >= 11 is 0. The fourth-order valence-electron chi connectivity index (χ4n) is 2.75. The van der Waals surface area contributed by atoms with E-state index in [2.05, 4.69) is 26.1 Å². The summed E-state index contributed by atoms with van der Waals surface area (Å²) in [6, 6.07) is 0. The van der Waals surface area contributed by atoms with Crippen molar-refractivity contribution < 1.29 is 14.7 Å². The second-order valence-corrected chi connectivity index (χ2v) is 6.83. The van der Waals surface area contributed by atoms with Crippen molar-refractivity contribution in [2.45, 2.75) is 58.9 Å². The highest BCUT2D eigenvalue weighted by Gasteiger charge is 2.45. The predicted octanol–water partition coefficient (Wildman–Crippen LogP) is 1.87. The van der Waals surface area contributed by atoms with E-state index in [9.17, 15) is 14.7 Å². The van der Waals surface area contributed by atoms with Gasteiger partial charge in [-0.05, 0) is 33.6 Å². The predicted molar refractivity (Wildman–Crippen MR) is 78.5 cm³/mol. The first kappa shape index (κ1) is 17.0. The molecule has 0 bridgehead atoms. The lowest BCUT2D eigenvalue weighted by Gasteiger charge is -2.25. The maximum absolute atomic E-state index is 12.1. The third kappa shape index (κ3) is 4.47. The summed E-state index contributed by atoms with van der Waals surface area (Å²) in [5.41, 5.74) is -0.722. The van der Waals surface area contributed by atoms with Crippen LogP contribution in [-0.2, 0) is 9.59 Å². The van der Waals surface area contributed by atoms with Crippen molar-refractivity contribution >= 4 is 11.9 Å². The van der Waals surface area contributed by atoms with Crippen molar-refractivity contribution in [2.75, 3.05) is 19.6 Å². The fraction of sp³-hybridized carbons (Fsp3) is 0.867. The van der Waals surface area contributed by atoms with Gasteiger partial charge in [0, 0.05) is 31.6 Å². The molecule has 1 rings (SSSR count). The van der Waals surface area contributed by atoms with Gasteiger partial charge in [-0.3, -0.25) is 9.59 Å². The number of hydrogen-bond donors (Lipinski definition) is 2. The summed E-state index contributed by atoms with van der Waals surface area (Å²) in [7, 11) is 0. The minimum Gasteiger partial charge on any atom is -0.481 e. The number of nitrogens with zero attached hydrogens (tertiary/aromatic N) is 1. The molecule has 116 valence electrons. The van der Waals surface area contributed by atoms with E-state index in [1.165, 1.54) is 0 Å². The zero-order chi connectivity index (χ0) is 15.4. The molecule has 1 saturated heterocycles. The number of carbonyl (C=O) groups is 2. The molecule has 0 aliphatic carbocycles. The molecule has 20 heavy (non-hydrogen) atoms. The molecule has 0 saturated carbocycles. The molecule has 5 heteroatoms. The molecule has 1 atom stereocenters. The molecule has 0 spiro atoms. The number of carboxylic acid groups (broad SMARTS) is 1. The summed E-state index contributed by atoms with van der Waals surface area (Å²) in [6.45, 7) is 9.73. The maximum atomic E-state index is 12.1. The first-order valence-electron chi connectivity index (χ1n) is 7.46. The minimum atomic E-state index is -0.762. The highest BCUT2D eigenvalue weighted by Crippen LogP contribution is 2.35. The van der Waals surface area contributed by atoms with Gasteiger partial charge in [0.05, 0.1) is 5.41 Å². The Morgan fingerprint density at radius 1 is 1.35 bits per heavy atom. The zero-order valence-corrected chi connectivity index (χ0v) is 13.2. The molecule has 0 radical (unpaired) electrons. The number of carbonyl (C=O) groups excluding carboxylic acids is 1. The number of likely N-dealkylation sites (tertiary alicyclic amines) is 1. The summed E-state index contributed by atoms with van der Waals surface area (Å²) in [4.78, 5) is 25.3. The molecule has 1 amide bonds. The van der Waals surface area contributed by atoms with Gasteiger partial charge in [-0.25, -0.2) is 0 Å². The smallest absolute Gasteiger partial charge is 0.311 e. The fourth-order valence-corrected chi connectivity index (χ4v) is 2.75. The highest BCUT2D eigenvalue weighted by molar-refractivity contribution is 5.80. The largest absolute Gasteiger partial charge is 0.481 e. The monoisotopic (exact) mass is 284 g/mol. The lowest BCUT2D eigenvalue weighted by atomic mass is 9.83. The Labute approximate surface area is 121 Å². The Hall–Kier alpha value is -1.10. The Morgan fingerprint density at radius 3 is 2.50 bits per heavy atom. The normalized spacial score (nSPS) is 23.1. The van der Waals surface area contributed by atoms with Crippen LogP contribution in [0.3, 0.4) is 0 Å². The average Bonchev–Trinajstić information content (AvgIpc) is 2.73. The summed E-state index contributed by atoms with van der Waals surface area (Å²) in [5.74, 6) is -0.705. The van der Waals surface area contributed by atoms with Crippen LogP contribution in [-0.4, -0.2) is 47.1 Å². The average molecular weight is 284 g/mol. The number of aliphatic carboxylic acids is 1. The Morgan fingerprint density at radius 2 is 2.00 bits per heavy atom. The van der Waals surface area contributed by atoms with Crippen LogP contribution in [0.1, 0.15) is 53.4 Å². The van der Waals surface area contributed by atoms with Crippen LogP contribution in [0.2, 0.25) is 0 Å². The lowest BCUT2D eigenvalue weighted by molar-refractivity contribution is -0.149. The van der Waals surface area contributed by atoms with E-state index in [0.29, 0.717) is 38.9 Å². The van der Waals surface area contributed by atoms with E-state index in [1.807, 2.05) is 6.92 Å². The summed E-state index contributed by atoms with van der Waals surface area (Å²) < 4.78 is 0. The van der Waals surface area contributed by atoms with Gasteiger partial charge in [-0.15, -0.1) is 0 Å². The van der Waals surface area contributed by atoms with Gasteiger partial charge in [0.1, 0.15) is 0 Å². The molecule has 2 N–H and O–H groups in total. The van der Waals surface area contributed by atoms with Crippen LogP contribution in [0.5, 0.6) is 0 Å². The third-order valence-electron chi connectivity index (χ3n) is 3.88. The molecule has 5 nitrogen and oxygen atoms in total. The molecule has 0 aromatic carbocycles. The topological polar surface area (TPSA) is 69.6 Å². The molecular formula is C15H28N2O3. The van der Waals surface area contributed by atoms with E-state index >= 15 is 0 Å². The van der Waals surface area contributed by atoms with Crippen molar-refractivity contribution in [3.05, 3.63) is 0 Å². The van der Waals surface area contributed by atoms with E-state index in [1.54, 1.807) is 4.90 Å². The SMILES string of the molecule is CCCC1(C(=O)O)CCN(C(=O)CCNC(C)(C)C)C1. The molecule has 0 aromatic rings. The van der Waals surface area contributed by atoms with Crippen molar-refractivity contribution in [2.24, 2.45) is 5.41 Å². The molecular weight excluding hydrogens is 256 g/mol. The van der Waals surface area contributed by atoms with Gasteiger partial charge < -0.3 is 15.3 Å². The Balaban J connectivity index is 2.50. The molecule has 1 heterocycles. The Kier molecular flexibility index (Phi) is 5.57. The van der Waals surface area contributed by atoms with Gasteiger partial charge in [0.25, 0.3) is 0 Å². The molecule has 1 fully saturated rings. The lowest BCUT2D eigenvalue weighted by Crippen LogP contribution is -2.40. The second-order valence-electron chi connectivity index (χ2n) is 6.83. The quantitative estimate of drug-likeness (QED) is 0.781.